The molecule has 1 aromatic rings. The molecule has 1 amide bonds. The lowest BCUT2D eigenvalue weighted by atomic mass is 9.49. The van der Waals surface area contributed by atoms with E-state index in [-0.39, 0.29) is 5.56 Å². The number of halogens is 1. The Kier molecular flexibility index (Phi) is 4.32. The van der Waals surface area contributed by atoms with Crippen LogP contribution in [0.25, 0.3) is 0 Å². The van der Waals surface area contributed by atoms with Gasteiger partial charge in [-0.05, 0) is 80.9 Å². The molecule has 4 bridgehead atoms. The summed E-state index contributed by atoms with van der Waals surface area (Å²) in [5, 5.41) is 8.65. The van der Waals surface area contributed by atoms with Crippen molar-refractivity contribution in [1.29, 1.82) is 0 Å². The lowest BCUT2D eigenvalue weighted by Crippen LogP contribution is -2.50. The monoisotopic (exact) mass is 345 g/mol. The van der Waals surface area contributed by atoms with Crippen molar-refractivity contribution in [2.45, 2.75) is 45.1 Å². The van der Waals surface area contributed by atoms with Crippen LogP contribution in [0.3, 0.4) is 0 Å². The Morgan fingerprint density at radius 2 is 1.84 bits per heavy atom. The van der Waals surface area contributed by atoms with Crippen LogP contribution in [-0.2, 0) is 6.54 Å². The minimum atomic E-state index is -0.688. The molecule has 0 radical (unpaired) electrons. The maximum Gasteiger partial charge on any atom is 0.274 e. The van der Waals surface area contributed by atoms with E-state index in [2.05, 4.69) is 11.9 Å². The van der Waals surface area contributed by atoms with E-state index in [1.54, 1.807) is 12.1 Å². The highest BCUT2D eigenvalue weighted by atomic mass is 18.2. The smallest absolute Gasteiger partial charge is 0.274 e. The molecule has 2 N–H and O–H groups in total. The number of benzene rings is 1. The summed E-state index contributed by atoms with van der Waals surface area (Å²) in [6, 6.07) is 4.40. The third kappa shape index (κ3) is 3.32. The standard InChI is InChI=1S/C20H27FN2O2/c1-23(11-17-3-2-16(7-18(17)21)19(24)22-25)12-20-8-13-4-14(9-20)6-15(5-13)10-20/h2-3,7,13-15,25H,4-6,8-12H2,1H3,(H,22,24)/i21-1. The van der Waals surface area contributed by atoms with E-state index in [0.717, 1.165) is 24.3 Å². The highest BCUT2D eigenvalue weighted by molar-refractivity contribution is 5.93. The van der Waals surface area contributed by atoms with E-state index in [1.165, 1.54) is 50.1 Å². The van der Waals surface area contributed by atoms with E-state index < -0.39 is 11.7 Å². The second kappa shape index (κ2) is 6.36. The number of hydrogen-bond acceptors (Lipinski definition) is 3. The molecular weight excluding hydrogens is 318 g/mol. The van der Waals surface area contributed by atoms with Crippen molar-refractivity contribution >= 4 is 5.91 Å². The minimum absolute atomic E-state index is 0.132. The molecule has 4 saturated carbocycles. The van der Waals surface area contributed by atoms with Crippen LogP contribution in [0, 0.1) is 29.0 Å². The molecule has 5 rings (SSSR count). The Bertz CT molecular complexity index is 640. The van der Waals surface area contributed by atoms with Gasteiger partial charge in [-0.15, -0.1) is 0 Å². The van der Waals surface area contributed by atoms with Gasteiger partial charge in [0.1, 0.15) is 5.82 Å². The van der Waals surface area contributed by atoms with Crippen molar-refractivity contribution in [3.8, 4) is 0 Å². The van der Waals surface area contributed by atoms with Gasteiger partial charge >= 0.3 is 0 Å². The zero-order valence-electron chi connectivity index (χ0n) is 14.8. The number of hydroxylamine groups is 1. The van der Waals surface area contributed by atoms with Crippen molar-refractivity contribution < 1.29 is 14.4 Å². The summed E-state index contributed by atoms with van der Waals surface area (Å²) < 4.78 is 14.3. The molecule has 5 heteroatoms. The average Bonchev–Trinajstić information content (AvgIpc) is 2.54. The van der Waals surface area contributed by atoms with Gasteiger partial charge in [0.15, 0.2) is 0 Å². The van der Waals surface area contributed by atoms with Crippen LogP contribution in [0.2, 0.25) is 0 Å². The van der Waals surface area contributed by atoms with E-state index in [9.17, 15) is 9.18 Å². The molecule has 136 valence electrons. The molecule has 0 spiro atoms. The third-order valence-electron chi connectivity index (χ3n) is 6.63. The Morgan fingerprint density at radius 3 is 2.36 bits per heavy atom. The molecule has 0 unspecified atom stereocenters. The predicted octanol–water partition coefficient (Wildman–Crippen LogP) is 3.59. The normalized spacial score (nSPS) is 33.0. The van der Waals surface area contributed by atoms with Gasteiger partial charge in [0.2, 0.25) is 0 Å². The average molecular weight is 345 g/mol. The fourth-order valence-corrected chi connectivity index (χ4v) is 6.28. The van der Waals surface area contributed by atoms with Gasteiger partial charge in [0, 0.05) is 24.2 Å². The summed E-state index contributed by atoms with van der Waals surface area (Å²) in [5.41, 5.74) is 2.71. The fourth-order valence-electron chi connectivity index (χ4n) is 6.28. The van der Waals surface area contributed by atoms with Gasteiger partial charge in [0.25, 0.3) is 5.91 Å². The van der Waals surface area contributed by atoms with Gasteiger partial charge in [-0.25, -0.2) is 9.87 Å². The quantitative estimate of drug-likeness (QED) is 0.633. The van der Waals surface area contributed by atoms with Gasteiger partial charge in [-0.1, -0.05) is 6.07 Å². The number of nitrogens with one attached hydrogen (secondary N) is 1. The number of nitrogens with zero attached hydrogens (tertiary/aromatic N) is 1. The van der Waals surface area contributed by atoms with Crippen LogP contribution in [-0.4, -0.2) is 29.6 Å². The molecule has 4 aliphatic carbocycles. The summed E-state index contributed by atoms with van der Waals surface area (Å²) in [7, 11) is 2.08. The van der Waals surface area contributed by atoms with Gasteiger partial charge in [-0.3, -0.25) is 10.0 Å². The van der Waals surface area contributed by atoms with Crippen LogP contribution in [0.1, 0.15) is 54.4 Å². The van der Waals surface area contributed by atoms with Crippen LogP contribution in [0.5, 0.6) is 0 Å². The van der Waals surface area contributed by atoms with Crippen molar-refractivity contribution in [3.05, 3.63) is 35.1 Å². The van der Waals surface area contributed by atoms with E-state index >= 15 is 0 Å². The Labute approximate surface area is 148 Å². The first-order valence-electron chi connectivity index (χ1n) is 9.38. The van der Waals surface area contributed by atoms with E-state index in [1.807, 2.05) is 0 Å². The first kappa shape index (κ1) is 17.0. The molecule has 4 nitrogen and oxygen atoms in total. The second-order valence-corrected chi connectivity index (χ2v) is 8.84. The van der Waals surface area contributed by atoms with Crippen molar-refractivity contribution in [2.24, 2.45) is 23.2 Å². The van der Waals surface area contributed by atoms with Crippen molar-refractivity contribution in [2.75, 3.05) is 13.6 Å². The molecule has 0 aliphatic heterocycles. The largest absolute Gasteiger partial charge is 0.301 e. The Balaban J connectivity index is 1.42. The zero-order chi connectivity index (χ0) is 17.6. The van der Waals surface area contributed by atoms with E-state index in [4.69, 9.17) is 5.21 Å². The molecule has 25 heavy (non-hydrogen) atoms. The van der Waals surface area contributed by atoms with Crippen LogP contribution < -0.4 is 5.48 Å². The Morgan fingerprint density at radius 1 is 1.24 bits per heavy atom. The SMILES string of the molecule is CN(Cc1ccc(C(=O)NO)cc1[18F])CC12CC3CC(CC(C3)C1)C2. The predicted molar refractivity (Wildman–Crippen MR) is 92.6 cm³/mol. The number of hydrogen-bond donors (Lipinski definition) is 2. The van der Waals surface area contributed by atoms with Crippen LogP contribution in [0.4, 0.5) is 4.39 Å². The lowest BCUT2D eigenvalue weighted by Gasteiger charge is -2.57. The summed E-state index contributed by atoms with van der Waals surface area (Å²) in [5.74, 6) is 1.69. The molecular formula is C20H27FN2O2. The second-order valence-electron chi connectivity index (χ2n) is 8.84. The topological polar surface area (TPSA) is 52.6 Å². The molecule has 0 saturated heterocycles. The van der Waals surface area contributed by atoms with Crippen LogP contribution >= 0.6 is 0 Å². The number of carbonyl (C=O) groups is 1. The van der Waals surface area contributed by atoms with Crippen LogP contribution in [0.15, 0.2) is 18.2 Å². The molecule has 4 aliphatic rings. The zero-order valence-corrected chi connectivity index (χ0v) is 14.8. The molecule has 0 aromatic heterocycles. The van der Waals surface area contributed by atoms with Crippen molar-refractivity contribution in [3.63, 3.8) is 0 Å². The van der Waals surface area contributed by atoms with Crippen molar-refractivity contribution in [1.82, 2.24) is 10.4 Å². The maximum atomic E-state index is 14.3. The lowest BCUT2D eigenvalue weighted by molar-refractivity contribution is -0.0671. The maximum absolute atomic E-state index is 14.3. The Hall–Kier alpha value is -1.46. The molecule has 0 atom stereocenters. The summed E-state index contributed by atoms with van der Waals surface area (Å²) in [4.78, 5) is 13.6. The van der Waals surface area contributed by atoms with Gasteiger partial charge in [-0.2, -0.15) is 0 Å². The summed E-state index contributed by atoms with van der Waals surface area (Å²) in [6.45, 7) is 1.59. The fraction of sp³-hybridized carbons (Fsp3) is 0.650. The molecule has 0 heterocycles. The number of carbonyl (C=O) groups excluding carboxylic acids is 1. The van der Waals surface area contributed by atoms with E-state index in [0.29, 0.717) is 17.5 Å². The minimum Gasteiger partial charge on any atom is -0.301 e. The van der Waals surface area contributed by atoms with Gasteiger partial charge < -0.3 is 4.90 Å². The van der Waals surface area contributed by atoms with Gasteiger partial charge in [0.05, 0.1) is 0 Å². The first-order chi connectivity index (χ1) is 12.0. The third-order valence-corrected chi connectivity index (χ3v) is 6.63. The number of amides is 1. The first-order valence-corrected chi connectivity index (χ1v) is 9.38. The summed E-state index contributed by atoms with van der Waals surface area (Å²) in [6.07, 6.45) is 8.36. The molecule has 1 aromatic carbocycles. The number of rotatable bonds is 5. The highest BCUT2D eigenvalue weighted by Gasteiger charge is 2.50. The highest BCUT2D eigenvalue weighted by Crippen LogP contribution is 2.60. The molecule has 4 fully saturated rings. The summed E-state index contributed by atoms with van der Waals surface area (Å²) >= 11 is 0.